The van der Waals surface area contributed by atoms with E-state index in [2.05, 4.69) is 20.6 Å². The molecule has 1 unspecified atom stereocenters. The number of carbonyl (C=O) groups excluding carboxylic acids is 1. The summed E-state index contributed by atoms with van der Waals surface area (Å²) < 4.78 is 0. The van der Waals surface area contributed by atoms with Gasteiger partial charge in [-0.3, -0.25) is 14.9 Å². The summed E-state index contributed by atoms with van der Waals surface area (Å²) in [6.07, 6.45) is 1.90. The maximum Gasteiger partial charge on any atom is 0.353 e. The molecular weight excluding hydrogens is 252 g/mol. The Kier molecular flexibility index (Phi) is 4.98. The highest BCUT2D eigenvalue weighted by molar-refractivity contribution is 5.85. The summed E-state index contributed by atoms with van der Waals surface area (Å²) in [5.41, 5.74) is 4.99. The first-order valence-corrected chi connectivity index (χ1v) is 5.76. The lowest BCUT2D eigenvalue weighted by atomic mass is 10.3. The van der Waals surface area contributed by atoms with Gasteiger partial charge in [-0.05, 0) is 13.3 Å². The highest BCUT2D eigenvalue weighted by Gasteiger charge is 2.23. The zero-order valence-corrected chi connectivity index (χ0v) is 10.7. The van der Waals surface area contributed by atoms with Crippen molar-refractivity contribution in [2.45, 2.75) is 26.3 Å². The van der Waals surface area contributed by atoms with Gasteiger partial charge in [-0.15, -0.1) is 0 Å². The fraction of sp³-hybridized carbons (Fsp3) is 0.500. The molecule has 1 atom stereocenters. The number of hydrogen-bond acceptors (Lipinski definition) is 7. The van der Waals surface area contributed by atoms with Crippen LogP contribution in [0.2, 0.25) is 0 Å². The van der Waals surface area contributed by atoms with Crippen molar-refractivity contribution in [2.24, 2.45) is 0 Å². The van der Waals surface area contributed by atoms with E-state index < -0.39 is 16.7 Å². The van der Waals surface area contributed by atoms with Crippen molar-refractivity contribution in [2.75, 3.05) is 17.6 Å². The van der Waals surface area contributed by atoms with E-state index in [1.54, 1.807) is 6.92 Å². The Morgan fingerprint density at radius 2 is 2.26 bits per heavy atom. The van der Waals surface area contributed by atoms with E-state index in [4.69, 9.17) is 5.73 Å². The van der Waals surface area contributed by atoms with Gasteiger partial charge in [-0.2, -0.15) is 0 Å². The number of nitrogens with zero attached hydrogens (tertiary/aromatic N) is 3. The smallest absolute Gasteiger partial charge is 0.353 e. The molecule has 19 heavy (non-hydrogen) atoms. The number of anilines is 2. The van der Waals surface area contributed by atoms with Crippen molar-refractivity contribution in [1.29, 1.82) is 0 Å². The van der Waals surface area contributed by atoms with Crippen LogP contribution in [0.25, 0.3) is 0 Å². The van der Waals surface area contributed by atoms with E-state index in [1.807, 2.05) is 6.92 Å². The molecule has 1 aromatic heterocycles. The van der Waals surface area contributed by atoms with Crippen molar-refractivity contribution >= 4 is 23.2 Å². The van der Waals surface area contributed by atoms with Crippen LogP contribution in [0.3, 0.4) is 0 Å². The van der Waals surface area contributed by atoms with Gasteiger partial charge < -0.3 is 16.4 Å². The van der Waals surface area contributed by atoms with Crippen molar-refractivity contribution in [1.82, 2.24) is 15.3 Å². The number of nitro groups is 1. The van der Waals surface area contributed by atoms with Crippen LogP contribution in [0, 0.1) is 10.1 Å². The third-order valence-electron chi connectivity index (χ3n) is 2.33. The monoisotopic (exact) mass is 268 g/mol. The molecule has 0 aliphatic carbocycles. The van der Waals surface area contributed by atoms with Crippen molar-refractivity contribution in [3.63, 3.8) is 0 Å². The summed E-state index contributed by atoms with van der Waals surface area (Å²) in [6.45, 7) is 4.04. The Hall–Kier alpha value is -2.45. The molecular formula is C10H16N6O3. The number of hydrogen-bond donors (Lipinski definition) is 3. The zero-order chi connectivity index (χ0) is 14.4. The van der Waals surface area contributed by atoms with Gasteiger partial charge in [0.2, 0.25) is 17.5 Å². The average Bonchev–Trinajstić information content (AvgIpc) is 2.35. The first-order valence-electron chi connectivity index (χ1n) is 5.76. The molecule has 9 heteroatoms. The van der Waals surface area contributed by atoms with E-state index in [0.717, 1.165) is 12.7 Å². The average molecular weight is 268 g/mol. The minimum absolute atomic E-state index is 0.0725. The molecule has 0 aliphatic rings. The number of rotatable bonds is 6. The van der Waals surface area contributed by atoms with E-state index in [1.165, 1.54) is 0 Å². The fourth-order valence-electron chi connectivity index (χ4n) is 1.35. The maximum absolute atomic E-state index is 11.7. The van der Waals surface area contributed by atoms with Crippen LogP contribution in [0.4, 0.5) is 17.3 Å². The van der Waals surface area contributed by atoms with Gasteiger partial charge in [-0.25, -0.2) is 9.97 Å². The van der Waals surface area contributed by atoms with Gasteiger partial charge in [0.25, 0.3) is 0 Å². The van der Waals surface area contributed by atoms with E-state index >= 15 is 0 Å². The number of aromatic nitrogens is 2. The Labute approximate surface area is 109 Å². The minimum atomic E-state index is -0.686. The summed E-state index contributed by atoms with van der Waals surface area (Å²) in [4.78, 5) is 29.1. The standard InChI is InChI=1S/C10H16N6O3/c1-3-4-12-10(17)6(2)15-9-7(16(18)19)8(11)13-5-14-9/h5-6H,3-4H2,1-2H3,(H,12,17)(H3,11,13,14,15). The minimum Gasteiger partial charge on any atom is -0.378 e. The lowest BCUT2D eigenvalue weighted by Crippen LogP contribution is -2.38. The SMILES string of the molecule is CCCNC(=O)C(C)Nc1ncnc(N)c1[N+](=O)[O-]. The first-order chi connectivity index (χ1) is 8.97. The molecule has 0 aliphatic heterocycles. The summed E-state index contributed by atoms with van der Waals surface area (Å²) in [7, 11) is 0. The Morgan fingerprint density at radius 3 is 2.84 bits per heavy atom. The van der Waals surface area contributed by atoms with E-state index in [0.29, 0.717) is 6.54 Å². The maximum atomic E-state index is 11.7. The lowest BCUT2D eigenvalue weighted by molar-refractivity contribution is -0.383. The summed E-state index contributed by atoms with van der Waals surface area (Å²) in [5, 5.41) is 16.2. The molecule has 1 amide bonds. The summed E-state index contributed by atoms with van der Waals surface area (Å²) in [5.74, 6) is -0.589. The van der Waals surface area contributed by atoms with Gasteiger partial charge in [0.05, 0.1) is 4.92 Å². The van der Waals surface area contributed by atoms with Crippen molar-refractivity contribution in [3.05, 3.63) is 16.4 Å². The Bertz CT molecular complexity index is 478. The zero-order valence-electron chi connectivity index (χ0n) is 10.7. The highest BCUT2D eigenvalue weighted by Crippen LogP contribution is 2.26. The molecule has 0 saturated heterocycles. The topological polar surface area (TPSA) is 136 Å². The van der Waals surface area contributed by atoms with Gasteiger partial charge >= 0.3 is 5.69 Å². The highest BCUT2D eigenvalue weighted by atomic mass is 16.6. The number of amides is 1. The van der Waals surface area contributed by atoms with Crippen LogP contribution < -0.4 is 16.4 Å². The van der Waals surface area contributed by atoms with Crippen molar-refractivity contribution < 1.29 is 9.72 Å². The first kappa shape index (κ1) is 14.6. The van der Waals surface area contributed by atoms with Gasteiger partial charge in [-0.1, -0.05) is 6.92 Å². The number of nitrogens with one attached hydrogen (secondary N) is 2. The molecule has 0 bridgehead atoms. The molecule has 9 nitrogen and oxygen atoms in total. The Balaban J connectivity index is 2.85. The predicted octanol–water partition coefficient (Wildman–Crippen LogP) is 0.294. The molecule has 1 aromatic rings. The second kappa shape index (κ2) is 6.47. The predicted molar refractivity (Wildman–Crippen MR) is 69.5 cm³/mol. The molecule has 0 aromatic carbocycles. The van der Waals surface area contributed by atoms with Gasteiger partial charge in [0.15, 0.2) is 0 Å². The number of nitrogen functional groups attached to an aromatic ring is 1. The van der Waals surface area contributed by atoms with E-state index in [-0.39, 0.29) is 17.5 Å². The van der Waals surface area contributed by atoms with Crippen LogP contribution in [0.1, 0.15) is 20.3 Å². The van der Waals surface area contributed by atoms with Crippen LogP contribution in [0.5, 0.6) is 0 Å². The molecule has 1 heterocycles. The largest absolute Gasteiger partial charge is 0.378 e. The van der Waals surface area contributed by atoms with Crippen LogP contribution in [0.15, 0.2) is 6.33 Å². The van der Waals surface area contributed by atoms with E-state index in [9.17, 15) is 14.9 Å². The van der Waals surface area contributed by atoms with Crippen molar-refractivity contribution in [3.8, 4) is 0 Å². The lowest BCUT2D eigenvalue weighted by Gasteiger charge is -2.14. The van der Waals surface area contributed by atoms with Crippen LogP contribution in [-0.4, -0.2) is 33.4 Å². The van der Waals surface area contributed by atoms with Gasteiger partial charge in [0, 0.05) is 6.54 Å². The molecule has 104 valence electrons. The quantitative estimate of drug-likeness (QED) is 0.498. The molecule has 0 fully saturated rings. The third kappa shape index (κ3) is 3.76. The fourth-order valence-corrected chi connectivity index (χ4v) is 1.35. The van der Waals surface area contributed by atoms with Crippen LogP contribution >= 0.6 is 0 Å². The number of nitrogens with two attached hydrogens (primary N) is 1. The van der Waals surface area contributed by atoms with Gasteiger partial charge in [0.1, 0.15) is 12.4 Å². The molecule has 0 spiro atoms. The normalized spacial score (nSPS) is 11.7. The molecule has 0 radical (unpaired) electrons. The second-order valence-corrected chi connectivity index (χ2v) is 3.87. The molecule has 4 N–H and O–H groups in total. The van der Waals surface area contributed by atoms with Crippen LogP contribution in [-0.2, 0) is 4.79 Å². The number of carbonyl (C=O) groups is 1. The third-order valence-corrected chi connectivity index (χ3v) is 2.33. The molecule has 0 saturated carbocycles. The Morgan fingerprint density at radius 1 is 1.58 bits per heavy atom. The summed E-state index contributed by atoms with van der Waals surface area (Å²) >= 11 is 0. The second-order valence-electron chi connectivity index (χ2n) is 3.87. The summed E-state index contributed by atoms with van der Waals surface area (Å²) in [6, 6.07) is -0.667. The molecule has 1 rings (SSSR count).